The van der Waals surface area contributed by atoms with Crippen molar-refractivity contribution in [2.45, 2.75) is 19.4 Å². The van der Waals surface area contributed by atoms with Crippen molar-refractivity contribution in [1.29, 1.82) is 0 Å². The topological polar surface area (TPSA) is 45.2 Å². The third-order valence-electron chi connectivity index (χ3n) is 4.27. The fraction of sp³-hybridized carbons (Fsp3) is 0.300. The van der Waals surface area contributed by atoms with Crippen LogP contribution in [-0.2, 0) is 17.8 Å². The van der Waals surface area contributed by atoms with Gasteiger partial charge in [-0.05, 0) is 41.7 Å². The number of carbonyl (C=O) groups excluding carboxylic acids is 1. The van der Waals surface area contributed by atoms with Gasteiger partial charge in [0.2, 0.25) is 5.91 Å². The van der Waals surface area contributed by atoms with Gasteiger partial charge in [0.1, 0.15) is 0 Å². The van der Waals surface area contributed by atoms with Gasteiger partial charge in [-0.3, -0.25) is 14.7 Å². The minimum absolute atomic E-state index is 0.0529. The molecule has 0 fully saturated rings. The van der Waals surface area contributed by atoms with E-state index >= 15 is 0 Å². The summed E-state index contributed by atoms with van der Waals surface area (Å²) in [5.74, 6) is -0.0529. The number of fused-ring (bicyclic) bond motifs is 1. The summed E-state index contributed by atoms with van der Waals surface area (Å²) in [4.78, 5) is 18.3. The number of benzene rings is 1. The molecule has 2 aromatic rings. The maximum atomic E-state index is 11.8. The van der Waals surface area contributed by atoms with Crippen LogP contribution in [0, 0.1) is 0 Å². The summed E-state index contributed by atoms with van der Waals surface area (Å²) >= 11 is 0. The van der Waals surface area contributed by atoms with Crippen LogP contribution in [0.25, 0.3) is 6.08 Å². The van der Waals surface area contributed by atoms with Crippen molar-refractivity contribution < 1.29 is 4.79 Å². The summed E-state index contributed by atoms with van der Waals surface area (Å²) in [6.07, 6.45) is 8.89. The van der Waals surface area contributed by atoms with E-state index in [2.05, 4.69) is 39.5 Å². The van der Waals surface area contributed by atoms with Crippen LogP contribution in [0.2, 0.25) is 0 Å². The molecule has 124 valence electrons. The van der Waals surface area contributed by atoms with Crippen LogP contribution in [0.1, 0.15) is 23.1 Å². The van der Waals surface area contributed by atoms with Crippen LogP contribution in [0.3, 0.4) is 0 Å². The molecule has 0 saturated carbocycles. The van der Waals surface area contributed by atoms with Gasteiger partial charge in [-0.25, -0.2) is 0 Å². The van der Waals surface area contributed by atoms with E-state index in [-0.39, 0.29) is 5.91 Å². The molecule has 1 aromatic heterocycles. The van der Waals surface area contributed by atoms with Crippen LogP contribution in [0.15, 0.2) is 54.9 Å². The van der Waals surface area contributed by atoms with Gasteiger partial charge in [-0.15, -0.1) is 0 Å². The van der Waals surface area contributed by atoms with Crippen LogP contribution >= 0.6 is 0 Å². The van der Waals surface area contributed by atoms with Crippen LogP contribution in [-0.4, -0.2) is 35.4 Å². The SMILES string of the molecule is O=C(C=Cc1cccnc1)NCCCN1CCc2ccccc2C1. The lowest BCUT2D eigenvalue weighted by Gasteiger charge is -2.28. The van der Waals surface area contributed by atoms with E-state index in [1.54, 1.807) is 24.5 Å². The first-order valence-electron chi connectivity index (χ1n) is 8.46. The molecule has 4 heteroatoms. The molecule has 1 aliphatic heterocycles. The quantitative estimate of drug-likeness (QED) is 0.657. The highest BCUT2D eigenvalue weighted by atomic mass is 16.1. The van der Waals surface area contributed by atoms with E-state index < -0.39 is 0 Å². The molecule has 3 rings (SSSR count). The predicted octanol–water partition coefficient (Wildman–Crippen LogP) is 2.66. The Labute approximate surface area is 143 Å². The number of nitrogens with zero attached hydrogens (tertiary/aromatic N) is 2. The molecule has 0 atom stereocenters. The first-order chi connectivity index (χ1) is 11.8. The van der Waals surface area contributed by atoms with Gasteiger partial charge in [0.25, 0.3) is 0 Å². The fourth-order valence-corrected chi connectivity index (χ4v) is 2.96. The second kappa shape index (κ2) is 8.41. The molecule has 1 aromatic carbocycles. The Hall–Kier alpha value is -2.46. The smallest absolute Gasteiger partial charge is 0.244 e. The molecular weight excluding hydrogens is 298 g/mol. The number of carbonyl (C=O) groups is 1. The Morgan fingerprint density at radius 3 is 2.92 bits per heavy atom. The zero-order valence-corrected chi connectivity index (χ0v) is 13.8. The molecule has 0 bridgehead atoms. The summed E-state index contributed by atoms with van der Waals surface area (Å²) in [5.41, 5.74) is 3.84. The summed E-state index contributed by atoms with van der Waals surface area (Å²) in [7, 11) is 0. The zero-order valence-electron chi connectivity index (χ0n) is 13.8. The van der Waals surface area contributed by atoms with Crippen molar-refractivity contribution in [2.75, 3.05) is 19.6 Å². The number of aromatic nitrogens is 1. The van der Waals surface area contributed by atoms with Crippen molar-refractivity contribution in [3.05, 3.63) is 71.6 Å². The van der Waals surface area contributed by atoms with Crippen LogP contribution in [0.4, 0.5) is 0 Å². The largest absolute Gasteiger partial charge is 0.353 e. The van der Waals surface area contributed by atoms with Gasteiger partial charge in [0, 0.05) is 44.6 Å². The normalized spacial score (nSPS) is 14.5. The average Bonchev–Trinajstić information content (AvgIpc) is 2.64. The number of nitrogens with one attached hydrogen (secondary N) is 1. The molecule has 1 N–H and O–H groups in total. The molecule has 0 unspecified atom stereocenters. The molecule has 0 saturated heterocycles. The van der Waals surface area contributed by atoms with Crippen LogP contribution in [0.5, 0.6) is 0 Å². The fourth-order valence-electron chi connectivity index (χ4n) is 2.96. The summed E-state index contributed by atoms with van der Waals surface area (Å²) in [6, 6.07) is 12.4. The van der Waals surface area contributed by atoms with E-state index in [9.17, 15) is 4.79 Å². The third kappa shape index (κ3) is 4.77. The van der Waals surface area contributed by atoms with Crippen molar-refractivity contribution in [3.63, 3.8) is 0 Å². The standard InChI is InChI=1S/C20H23N3O/c24-20(9-8-17-5-3-11-21-15-17)22-12-4-13-23-14-10-18-6-1-2-7-19(18)16-23/h1-3,5-9,11,15H,4,10,12-14,16H2,(H,22,24). The van der Waals surface area contributed by atoms with E-state index in [1.165, 1.54) is 11.1 Å². The molecule has 4 nitrogen and oxygen atoms in total. The Balaban J connectivity index is 1.35. The highest BCUT2D eigenvalue weighted by Gasteiger charge is 2.14. The Morgan fingerprint density at radius 1 is 1.21 bits per heavy atom. The number of hydrogen-bond acceptors (Lipinski definition) is 3. The highest BCUT2D eigenvalue weighted by Crippen LogP contribution is 2.18. The Kier molecular flexibility index (Phi) is 5.75. The molecule has 24 heavy (non-hydrogen) atoms. The number of amides is 1. The second-order valence-corrected chi connectivity index (χ2v) is 6.06. The number of pyridine rings is 1. The maximum Gasteiger partial charge on any atom is 0.244 e. The Bertz CT molecular complexity index is 697. The predicted molar refractivity (Wildman–Crippen MR) is 96.3 cm³/mol. The molecule has 1 amide bonds. The minimum atomic E-state index is -0.0529. The lowest BCUT2D eigenvalue weighted by molar-refractivity contribution is -0.116. The lowest BCUT2D eigenvalue weighted by atomic mass is 10.00. The molecule has 1 aliphatic rings. The van der Waals surface area contributed by atoms with E-state index in [4.69, 9.17) is 0 Å². The minimum Gasteiger partial charge on any atom is -0.353 e. The van der Waals surface area contributed by atoms with Crippen molar-refractivity contribution in [1.82, 2.24) is 15.2 Å². The monoisotopic (exact) mass is 321 g/mol. The summed E-state index contributed by atoms with van der Waals surface area (Å²) in [6.45, 7) is 3.84. The average molecular weight is 321 g/mol. The summed E-state index contributed by atoms with van der Waals surface area (Å²) < 4.78 is 0. The molecule has 2 heterocycles. The van der Waals surface area contributed by atoms with E-state index in [0.717, 1.165) is 38.0 Å². The highest BCUT2D eigenvalue weighted by molar-refractivity contribution is 5.91. The lowest BCUT2D eigenvalue weighted by Crippen LogP contribution is -2.33. The van der Waals surface area contributed by atoms with E-state index in [0.29, 0.717) is 6.54 Å². The first kappa shape index (κ1) is 16.4. The molecule has 0 radical (unpaired) electrons. The first-order valence-corrected chi connectivity index (χ1v) is 8.46. The van der Waals surface area contributed by atoms with Gasteiger partial charge in [-0.2, -0.15) is 0 Å². The van der Waals surface area contributed by atoms with Crippen molar-refractivity contribution in [3.8, 4) is 0 Å². The van der Waals surface area contributed by atoms with Gasteiger partial charge in [0.05, 0.1) is 0 Å². The maximum absolute atomic E-state index is 11.8. The Morgan fingerprint density at radius 2 is 2.08 bits per heavy atom. The molecular formula is C20H23N3O. The van der Waals surface area contributed by atoms with Gasteiger partial charge >= 0.3 is 0 Å². The van der Waals surface area contributed by atoms with Crippen molar-refractivity contribution in [2.24, 2.45) is 0 Å². The van der Waals surface area contributed by atoms with Crippen LogP contribution < -0.4 is 5.32 Å². The summed E-state index contributed by atoms with van der Waals surface area (Å²) in [5, 5.41) is 2.94. The van der Waals surface area contributed by atoms with Gasteiger partial charge in [-0.1, -0.05) is 30.3 Å². The third-order valence-corrected chi connectivity index (χ3v) is 4.27. The molecule has 0 aliphatic carbocycles. The number of hydrogen-bond donors (Lipinski definition) is 1. The van der Waals surface area contributed by atoms with Gasteiger partial charge < -0.3 is 5.32 Å². The molecule has 0 spiro atoms. The van der Waals surface area contributed by atoms with E-state index in [1.807, 2.05) is 12.1 Å². The zero-order chi connectivity index (χ0) is 16.6. The van der Waals surface area contributed by atoms with Crippen molar-refractivity contribution >= 4 is 12.0 Å². The van der Waals surface area contributed by atoms with Gasteiger partial charge in [0.15, 0.2) is 0 Å². The number of rotatable bonds is 6. The second-order valence-electron chi connectivity index (χ2n) is 6.06.